The zero-order valence-electron chi connectivity index (χ0n) is 19.3. The third-order valence-corrected chi connectivity index (χ3v) is 6.05. The molecule has 0 heterocycles. The molecule has 2 heteroatoms. The number of phenols is 1. The average molecular weight is 435 g/mol. The van der Waals surface area contributed by atoms with Crippen molar-refractivity contribution in [1.29, 1.82) is 0 Å². The molecule has 0 spiro atoms. The van der Waals surface area contributed by atoms with Crippen LogP contribution in [0.3, 0.4) is 0 Å². The summed E-state index contributed by atoms with van der Waals surface area (Å²) in [5.74, 6) is 0.651. The number of rotatable bonds is 8. The van der Waals surface area contributed by atoms with E-state index in [9.17, 15) is 5.11 Å². The van der Waals surface area contributed by atoms with Gasteiger partial charge in [-0.3, -0.25) is 0 Å². The second kappa shape index (κ2) is 10.2. The van der Waals surface area contributed by atoms with Gasteiger partial charge in [-0.2, -0.15) is 0 Å². The van der Waals surface area contributed by atoms with Crippen molar-refractivity contribution in [3.63, 3.8) is 0 Å². The molecule has 166 valence electrons. The van der Waals surface area contributed by atoms with Gasteiger partial charge in [0.15, 0.2) is 11.5 Å². The van der Waals surface area contributed by atoms with Crippen LogP contribution in [0.25, 0.3) is 39.5 Å². The molecule has 4 aromatic rings. The number of benzene rings is 4. The van der Waals surface area contributed by atoms with Crippen LogP contribution in [0.1, 0.15) is 32.3 Å². The second-order valence-electron chi connectivity index (χ2n) is 8.07. The Kier molecular flexibility index (Phi) is 6.95. The van der Waals surface area contributed by atoms with Gasteiger partial charge in [-0.05, 0) is 29.5 Å². The molecular formula is C31H30O2. The fraction of sp³-hybridized carbons (Fsp3) is 0.161. The SMILES string of the molecule is C=Cc1c(O)c(OC(CC)CC)c(-c2ccccc2)c(-c2ccccc2)c1-c1ccccc1. The van der Waals surface area contributed by atoms with E-state index >= 15 is 0 Å². The summed E-state index contributed by atoms with van der Waals surface area (Å²) in [5, 5.41) is 11.6. The first-order chi connectivity index (χ1) is 16.2. The van der Waals surface area contributed by atoms with Gasteiger partial charge in [0.2, 0.25) is 0 Å². The fourth-order valence-electron chi connectivity index (χ4n) is 4.35. The Morgan fingerprint density at radius 1 is 0.697 bits per heavy atom. The van der Waals surface area contributed by atoms with Gasteiger partial charge in [-0.25, -0.2) is 0 Å². The van der Waals surface area contributed by atoms with Crippen LogP contribution in [0.2, 0.25) is 0 Å². The van der Waals surface area contributed by atoms with Gasteiger partial charge in [-0.1, -0.05) is 117 Å². The van der Waals surface area contributed by atoms with Crippen LogP contribution < -0.4 is 4.74 Å². The molecule has 0 saturated heterocycles. The summed E-state index contributed by atoms with van der Waals surface area (Å²) >= 11 is 0. The molecule has 0 aliphatic carbocycles. The molecule has 0 aliphatic heterocycles. The van der Waals surface area contributed by atoms with Crippen LogP contribution in [0.15, 0.2) is 97.6 Å². The smallest absolute Gasteiger partial charge is 0.170 e. The first-order valence-corrected chi connectivity index (χ1v) is 11.6. The summed E-state index contributed by atoms with van der Waals surface area (Å²) < 4.78 is 6.53. The maximum atomic E-state index is 11.6. The highest BCUT2D eigenvalue weighted by Crippen LogP contribution is 2.53. The van der Waals surface area contributed by atoms with Gasteiger partial charge in [0.25, 0.3) is 0 Å². The molecule has 0 unspecified atom stereocenters. The van der Waals surface area contributed by atoms with Crippen LogP contribution >= 0.6 is 0 Å². The Hall–Kier alpha value is -3.78. The average Bonchev–Trinajstić information content (AvgIpc) is 2.89. The molecule has 1 N–H and O–H groups in total. The van der Waals surface area contributed by atoms with Crippen LogP contribution in [0.4, 0.5) is 0 Å². The van der Waals surface area contributed by atoms with Crippen molar-refractivity contribution in [3.8, 4) is 44.9 Å². The molecule has 0 aromatic heterocycles. The zero-order chi connectivity index (χ0) is 23.2. The first-order valence-electron chi connectivity index (χ1n) is 11.6. The van der Waals surface area contributed by atoms with Gasteiger partial charge in [0.1, 0.15) is 0 Å². The topological polar surface area (TPSA) is 29.5 Å². The van der Waals surface area contributed by atoms with Gasteiger partial charge >= 0.3 is 0 Å². The van der Waals surface area contributed by atoms with Crippen molar-refractivity contribution in [3.05, 3.63) is 103 Å². The van der Waals surface area contributed by atoms with Crippen molar-refractivity contribution in [2.75, 3.05) is 0 Å². The maximum absolute atomic E-state index is 11.6. The lowest BCUT2D eigenvalue weighted by atomic mass is 9.83. The zero-order valence-corrected chi connectivity index (χ0v) is 19.3. The van der Waals surface area contributed by atoms with E-state index in [-0.39, 0.29) is 11.9 Å². The quantitative estimate of drug-likeness (QED) is 0.301. The standard InChI is InChI=1S/C31H30O2/c1-4-25(5-2)33-31-29(24-20-14-9-15-21-24)28(23-18-12-8-13-19-23)27(26(6-3)30(31)32)22-16-10-7-11-17-22/h6-21,25,32H,3-5H2,1-2H3. The summed E-state index contributed by atoms with van der Waals surface area (Å²) in [6.07, 6.45) is 3.45. The van der Waals surface area contributed by atoms with Gasteiger partial charge in [0.05, 0.1) is 6.10 Å². The Balaban J connectivity index is 2.19. The molecule has 0 saturated carbocycles. The normalized spacial score (nSPS) is 10.9. The van der Waals surface area contributed by atoms with Crippen molar-refractivity contribution in [1.82, 2.24) is 0 Å². The van der Waals surface area contributed by atoms with Crippen LogP contribution in [0, 0.1) is 0 Å². The third-order valence-electron chi connectivity index (χ3n) is 6.05. The molecule has 0 radical (unpaired) electrons. The van der Waals surface area contributed by atoms with E-state index in [1.165, 1.54) is 0 Å². The Morgan fingerprint density at radius 2 is 1.12 bits per heavy atom. The number of hydrogen-bond donors (Lipinski definition) is 1. The van der Waals surface area contributed by atoms with Gasteiger partial charge in [0, 0.05) is 22.3 Å². The van der Waals surface area contributed by atoms with E-state index in [0.717, 1.165) is 46.2 Å². The molecule has 0 aliphatic rings. The maximum Gasteiger partial charge on any atom is 0.170 e. The number of ether oxygens (including phenoxy) is 1. The lowest BCUT2D eigenvalue weighted by molar-refractivity contribution is 0.187. The molecule has 0 amide bonds. The van der Waals surface area contributed by atoms with Gasteiger partial charge in [-0.15, -0.1) is 0 Å². The molecule has 4 aromatic carbocycles. The molecule has 0 atom stereocenters. The van der Waals surface area contributed by atoms with Crippen LogP contribution in [0.5, 0.6) is 11.5 Å². The minimum Gasteiger partial charge on any atom is -0.504 e. The minimum absolute atomic E-state index is 0.00206. The fourth-order valence-corrected chi connectivity index (χ4v) is 4.35. The van der Waals surface area contributed by atoms with Crippen molar-refractivity contribution < 1.29 is 9.84 Å². The predicted molar refractivity (Wildman–Crippen MR) is 140 cm³/mol. The second-order valence-corrected chi connectivity index (χ2v) is 8.07. The highest BCUT2D eigenvalue weighted by atomic mass is 16.5. The largest absolute Gasteiger partial charge is 0.504 e. The van der Waals surface area contributed by atoms with E-state index in [1.54, 1.807) is 6.08 Å². The highest BCUT2D eigenvalue weighted by molar-refractivity contribution is 6.03. The predicted octanol–water partition coefficient (Wildman–Crippen LogP) is 8.60. The van der Waals surface area contributed by atoms with Crippen molar-refractivity contribution in [2.24, 2.45) is 0 Å². The molecule has 4 rings (SSSR count). The number of aromatic hydroxyl groups is 1. The molecule has 0 bridgehead atoms. The van der Waals surface area contributed by atoms with Crippen LogP contribution in [-0.2, 0) is 0 Å². The molecule has 0 fully saturated rings. The lowest BCUT2D eigenvalue weighted by Gasteiger charge is -2.26. The van der Waals surface area contributed by atoms with E-state index in [1.807, 2.05) is 54.6 Å². The summed E-state index contributed by atoms with van der Waals surface area (Å²) in [5.41, 5.74) is 6.64. The van der Waals surface area contributed by atoms with E-state index in [4.69, 9.17) is 4.74 Å². The summed E-state index contributed by atoms with van der Waals surface area (Å²) in [7, 11) is 0. The molecule has 33 heavy (non-hydrogen) atoms. The third kappa shape index (κ3) is 4.42. The Labute approximate surface area is 196 Å². The summed E-state index contributed by atoms with van der Waals surface area (Å²) in [4.78, 5) is 0. The summed E-state index contributed by atoms with van der Waals surface area (Å²) in [6.45, 7) is 8.28. The molecule has 2 nitrogen and oxygen atoms in total. The lowest BCUT2D eigenvalue weighted by Crippen LogP contribution is -2.15. The monoisotopic (exact) mass is 434 g/mol. The molecular weight excluding hydrogens is 404 g/mol. The van der Waals surface area contributed by atoms with Crippen LogP contribution in [-0.4, -0.2) is 11.2 Å². The summed E-state index contributed by atoms with van der Waals surface area (Å²) in [6, 6.07) is 30.7. The van der Waals surface area contributed by atoms with Crippen molar-refractivity contribution >= 4 is 6.08 Å². The highest BCUT2D eigenvalue weighted by Gasteiger charge is 2.27. The number of phenolic OH excluding ortho intramolecular Hbond substituents is 1. The number of hydrogen-bond acceptors (Lipinski definition) is 2. The Morgan fingerprint density at radius 3 is 1.55 bits per heavy atom. The minimum atomic E-state index is 0.00206. The van der Waals surface area contributed by atoms with E-state index in [2.05, 4.69) is 56.8 Å². The van der Waals surface area contributed by atoms with E-state index in [0.29, 0.717) is 11.3 Å². The van der Waals surface area contributed by atoms with Crippen molar-refractivity contribution in [2.45, 2.75) is 32.8 Å². The van der Waals surface area contributed by atoms with Gasteiger partial charge < -0.3 is 9.84 Å². The first kappa shape index (κ1) is 22.4. The van der Waals surface area contributed by atoms with E-state index < -0.39 is 0 Å². The Bertz CT molecular complexity index is 1210.